The highest BCUT2D eigenvalue weighted by Crippen LogP contribution is 2.41. The van der Waals surface area contributed by atoms with Gasteiger partial charge in [-0.05, 0) is 31.2 Å². The third-order valence-electron chi connectivity index (χ3n) is 6.17. The van der Waals surface area contributed by atoms with E-state index in [0.717, 1.165) is 16.2 Å². The number of carbonyl (C=O) groups is 4. The Morgan fingerprint density at radius 3 is 2.68 bits per heavy atom. The number of carbonyl (C=O) groups excluding carboxylic acids is 3. The van der Waals surface area contributed by atoms with Crippen LogP contribution in [-0.4, -0.2) is 78.5 Å². The summed E-state index contributed by atoms with van der Waals surface area (Å²) in [7, 11) is 1.70. The molecule has 0 radical (unpaired) electrons. The highest BCUT2D eigenvalue weighted by molar-refractivity contribution is 8.01. The second-order valence-corrected chi connectivity index (χ2v) is 11.8. The van der Waals surface area contributed by atoms with Crippen molar-refractivity contribution >= 4 is 81.1 Å². The number of thioether (sulfide) groups is 2. The minimum Gasteiger partial charge on any atom is -0.543 e. The Kier molecular flexibility index (Phi) is 8.59. The molecule has 4 heterocycles. The first-order valence-electron chi connectivity index (χ1n) is 11.7. The number of anilines is 3. The number of thiazole rings is 1. The first-order chi connectivity index (χ1) is 19.3. The number of fused-ring (bicyclic) bond motifs is 1. The Bertz CT molecular complexity index is 1510. The summed E-state index contributed by atoms with van der Waals surface area (Å²) < 4.78 is 1.63. The molecule has 2 aliphatic rings. The van der Waals surface area contributed by atoms with Gasteiger partial charge in [-0.1, -0.05) is 10.1 Å². The van der Waals surface area contributed by atoms with Gasteiger partial charge in [0.1, 0.15) is 17.1 Å². The number of carboxylic acids is 2. The monoisotopic (exact) mass is 623 g/mol. The van der Waals surface area contributed by atoms with Gasteiger partial charge in [0.05, 0.1) is 24.3 Å². The third kappa shape index (κ3) is 5.86. The molecule has 1 saturated heterocycles. The van der Waals surface area contributed by atoms with Crippen molar-refractivity contribution in [2.45, 2.75) is 36.5 Å². The number of hydrogen-bond acceptors (Lipinski definition) is 15. The van der Waals surface area contributed by atoms with Gasteiger partial charge in [0.15, 0.2) is 10.8 Å². The maximum atomic E-state index is 13.1. The number of β-lactam (4-membered cyclic amide) rings is 1. The number of nitrogens with two attached hydrogens (primary N) is 3. The van der Waals surface area contributed by atoms with E-state index in [2.05, 4.69) is 20.4 Å². The Labute approximate surface area is 245 Å². The quantitative estimate of drug-likeness (QED) is 0.0470. The first-order valence-corrected chi connectivity index (χ1v) is 14.6. The fraction of sp³-hybridized carbons (Fsp3) is 0.364. The lowest BCUT2D eigenvalue weighted by Gasteiger charge is -2.50. The number of nitrogens with zero attached hydrogens (tertiary/aromatic N) is 5. The number of aromatic nitrogens is 3. The van der Waals surface area contributed by atoms with Crippen molar-refractivity contribution in [3.05, 3.63) is 27.9 Å². The van der Waals surface area contributed by atoms with E-state index in [0.29, 0.717) is 22.1 Å². The molecule has 2 amide bonds. The number of nitrogen functional groups attached to an aromatic ring is 3. The zero-order valence-electron chi connectivity index (χ0n) is 21.8. The molecule has 218 valence electrons. The van der Waals surface area contributed by atoms with Crippen LogP contribution in [0.15, 0.2) is 27.0 Å². The predicted molar refractivity (Wildman–Crippen MR) is 148 cm³/mol. The van der Waals surface area contributed by atoms with Crippen LogP contribution in [0.2, 0.25) is 0 Å². The lowest BCUT2D eigenvalue weighted by atomic mass is 10.0. The topological polar surface area (TPSA) is 256 Å². The van der Waals surface area contributed by atoms with Crippen LogP contribution in [0.25, 0.3) is 0 Å². The van der Waals surface area contributed by atoms with Crippen LogP contribution in [0.5, 0.6) is 0 Å². The first kappa shape index (κ1) is 29.9. The summed E-state index contributed by atoms with van der Waals surface area (Å²) in [5.41, 5.74) is 18.0. The Morgan fingerprint density at radius 1 is 1.37 bits per heavy atom. The van der Waals surface area contributed by atoms with Crippen molar-refractivity contribution in [3.8, 4) is 0 Å². The van der Waals surface area contributed by atoms with Gasteiger partial charge in [0.2, 0.25) is 17.7 Å². The zero-order valence-corrected chi connectivity index (χ0v) is 24.3. The summed E-state index contributed by atoms with van der Waals surface area (Å²) in [5, 5.41) is 28.6. The van der Waals surface area contributed by atoms with Crippen molar-refractivity contribution in [1.82, 2.24) is 20.2 Å². The number of amides is 2. The lowest BCUT2D eigenvalue weighted by molar-refractivity contribution is -0.699. The van der Waals surface area contributed by atoms with Crippen molar-refractivity contribution in [3.63, 3.8) is 0 Å². The van der Waals surface area contributed by atoms with Crippen LogP contribution in [0.3, 0.4) is 0 Å². The molecule has 0 aliphatic carbocycles. The third-order valence-corrected chi connectivity index (χ3v) is 9.29. The van der Waals surface area contributed by atoms with Crippen LogP contribution in [-0.2, 0) is 31.1 Å². The van der Waals surface area contributed by atoms with Crippen LogP contribution in [0.1, 0.15) is 18.2 Å². The Balaban J connectivity index is 1.52. The average Bonchev–Trinajstić information content (AvgIpc) is 3.36. The highest BCUT2D eigenvalue weighted by Gasteiger charge is 2.53. The van der Waals surface area contributed by atoms with Crippen LogP contribution in [0, 0.1) is 6.92 Å². The maximum Gasteiger partial charge on any atom is 0.347 e. The number of nitrogens with one attached hydrogen (secondary N) is 1. The van der Waals surface area contributed by atoms with Crippen LogP contribution in [0.4, 0.5) is 16.8 Å². The van der Waals surface area contributed by atoms with Crippen molar-refractivity contribution in [2.75, 3.05) is 28.7 Å². The minimum absolute atomic E-state index is 0.0105. The summed E-state index contributed by atoms with van der Waals surface area (Å²) in [6.07, 6.45) is -1.37. The zero-order chi connectivity index (χ0) is 30.2. The van der Waals surface area contributed by atoms with Gasteiger partial charge in [-0.2, -0.15) is 0 Å². The van der Waals surface area contributed by atoms with Gasteiger partial charge in [0.25, 0.3) is 11.8 Å². The molecule has 8 N–H and O–H groups in total. The fourth-order valence-electron chi connectivity index (χ4n) is 3.80. The normalized spacial score (nSPS) is 19.3. The van der Waals surface area contributed by atoms with Gasteiger partial charge in [-0.3, -0.25) is 14.5 Å². The van der Waals surface area contributed by atoms with E-state index in [1.807, 2.05) is 0 Å². The fourth-order valence-corrected chi connectivity index (χ4v) is 6.82. The van der Waals surface area contributed by atoms with E-state index in [1.165, 1.54) is 35.8 Å². The van der Waals surface area contributed by atoms with E-state index < -0.39 is 47.0 Å². The van der Waals surface area contributed by atoms with Gasteiger partial charge in [0, 0.05) is 16.9 Å². The number of carboxylic acid groups (broad SMARTS) is 2. The smallest absolute Gasteiger partial charge is 0.347 e. The van der Waals surface area contributed by atoms with E-state index in [9.17, 15) is 24.3 Å². The molecule has 0 saturated carbocycles. The molecule has 3 atom stereocenters. The van der Waals surface area contributed by atoms with Gasteiger partial charge < -0.3 is 42.4 Å². The second-order valence-electron chi connectivity index (χ2n) is 8.83. The van der Waals surface area contributed by atoms with E-state index >= 15 is 0 Å². The molecular weight excluding hydrogens is 598 g/mol. The molecule has 2 aromatic heterocycles. The van der Waals surface area contributed by atoms with E-state index in [4.69, 9.17) is 27.1 Å². The van der Waals surface area contributed by atoms with Crippen LogP contribution < -0.4 is 32.2 Å². The summed E-state index contributed by atoms with van der Waals surface area (Å²) in [6, 6.07) is -1.11. The van der Waals surface area contributed by atoms with Crippen LogP contribution >= 0.6 is 34.9 Å². The highest BCUT2D eigenvalue weighted by atomic mass is 32.2. The summed E-state index contributed by atoms with van der Waals surface area (Å²) in [4.78, 5) is 63.7. The number of rotatable bonds is 10. The number of hydrogen-bond donors (Lipinski definition) is 5. The molecule has 2 aliphatic heterocycles. The molecule has 0 aromatic carbocycles. The largest absolute Gasteiger partial charge is 0.543 e. The molecule has 16 nitrogen and oxygen atoms in total. The van der Waals surface area contributed by atoms with E-state index in [-0.39, 0.29) is 33.8 Å². The molecule has 1 fully saturated rings. The van der Waals surface area contributed by atoms with E-state index in [1.54, 1.807) is 18.5 Å². The average molecular weight is 624 g/mol. The van der Waals surface area contributed by atoms with Crippen molar-refractivity contribution in [2.24, 2.45) is 12.2 Å². The number of aliphatic carboxylic acids is 2. The molecule has 0 bridgehead atoms. The molecular formula is C22H25N9O7S3. The SMILES string of the molecule is Cc1c(N)nc(SCC2=C(C(=O)[O-])N3C(=O)C(NC(=O)/C(=N\O[C@H](C)C(=O)O)c4csc(N)n4)[C@H]3SC2)[n+](C)c1N. The Hall–Kier alpha value is -4.10. The number of oxime groups is 1. The lowest BCUT2D eigenvalue weighted by Crippen LogP contribution is -2.71. The molecule has 0 spiro atoms. The summed E-state index contributed by atoms with van der Waals surface area (Å²) in [6.45, 7) is 2.95. The summed E-state index contributed by atoms with van der Waals surface area (Å²) in [5.74, 6) is -3.38. The van der Waals surface area contributed by atoms with Gasteiger partial charge in [-0.15, -0.1) is 23.1 Å². The molecule has 2 aromatic rings. The maximum absolute atomic E-state index is 13.1. The predicted octanol–water partition coefficient (Wildman–Crippen LogP) is -2.19. The van der Waals surface area contributed by atoms with Crippen molar-refractivity contribution < 1.29 is 38.8 Å². The minimum atomic E-state index is -1.54. The van der Waals surface area contributed by atoms with Crippen molar-refractivity contribution in [1.29, 1.82) is 0 Å². The van der Waals surface area contributed by atoms with Gasteiger partial charge >= 0.3 is 11.1 Å². The Morgan fingerprint density at radius 2 is 2.07 bits per heavy atom. The molecule has 1 unspecified atom stereocenters. The van der Waals surface area contributed by atoms with Gasteiger partial charge in [-0.25, -0.2) is 14.3 Å². The molecule has 19 heteroatoms. The standard InChI is InChI=1S/C22H25N9O7S3/c1-7-14(23)28-22(30(3)15(7)24)41-5-9-4-39-18-12(17(33)31(18)13(9)20(36)37)27-16(32)11(10-6-40-21(25)26-10)29-38-8(2)19(34)35/h6,8,12,18H,4-5H2,1-3H3,(H8,23,24,25,26,27,32,34,35,36,37)/b29-11-/t8-,12?,18-/m1/s1. The second kappa shape index (κ2) is 11.8. The summed E-state index contributed by atoms with van der Waals surface area (Å²) >= 11 is 3.46. The molecule has 41 heavy (non-hydrogen) atoms. The molecule has 4 rings (SSSR count).